The zero-order valence-electron chi connectivity index (χ0n) is 9.21. The molecule has 1 heterocycles. The van der Waals surface area contributed by atoms with Crippen LogP contribution in [0.1, 0.15) is 0 Å². The first kappa shape index (κ1) is 12.6. The SMILES string of the molecule is NS(=O)(=O)N1CCN(c2cccc(Cl)c2)CC1. The molecule has 0 aliphatic carbocycles. The molecule has 0 amide bonds. The van der Waals surface area contributed by atoms with Crippen molar-refractivity contribution in [3.63, 3.8) is 0 Å². The molecule has 1 aromatic carbocycles. The van der Waals surface area contributed by atoms with Crippen LogP contribution in [-0.2, 0) is 10.2 Å². The van der Waals surface area contributed by atoms with Crippen LogP contribution in [0, 0.1) is 0 Å². The van der Waals surface area contributed by atoms with Crippen molar-refractivity contribution in [2.75, 3.05) is 31.1 Å². The van der Waals surface area contributed by atoms with Crippen molar-refractivity contribution in [2.24, 2.45) is 5.14 Å². The van der Waals surface area contributed by atoms with E-state index in [-0.39, 0.29) is 0 Å². The summed E-state index contributed by atoms with van der Waals surface area (Å²) in [6, 6.07) is 7.52. The van der Waals surface area contributed by atoms with Crippen LogP contribution in [0.3, 0.4) is 0 Å². The Morgan fingerprint density at radius 2 is 1.82 bits per heavy atom. The number of hydrogen-bond donors (Lipinski definition) is 1. The van der Waals surface area contributed by atoms with Crippen LogP contribution in [0.15, 0.2) is 24.3 Å². The fourth-order valence-corrected chi connectivity index (χ4v) is 2.73. The molecule has 0 spiro atoms. The molecule has 0 radical (unpaired) electrons. The van der Waals surface area contributed by atoms with Gasteiger partial charge in [0.15, 0.2) is 0 Å². The van der Waals surface area contributed by atoms with E-state index < -0.39 is 10.2 Å². The summed E-state index contributed by atoms with van der Waals surface area (Å²) in [5, 5.41) is 5.75. The van der Waals surface area contributed by atoms with Crippen molar-refractivity contribution in [1.29, 1.82) is 0 Å². The first-order chi connectivity index (χ1) is 7.97. The summed E-state index contributed by atoms with van der Waals surface area (Å²) in [4.78, 5) is 2.09. The minimum Gasteiger partial charge on any atom is -0.369 e. The van der Waals surface area contributed by atoms with Crippen molar-refractivity contribution >= 4 is 27.5 Å². The van der Waals surface area contributed by atoms with Crippen LogP contribution in [-0.4, -0.2) is 38.9 Å². The minimum absolute atomic E-state index is 0.408. The van der Waals surface area contributed by atoms with Crippen molar-refractivity contribution in [3.05, 3.63) is 29.3 Å². The fourth-order valence-electron chi connectivity index (χ4n) is 1.87. The van der Waals surface area contributed by atoms with Crippen LogP contribution in [0.4, 0.5) is 5.69 Å². The second-order valence-electron chi connectivity index (χ2n) is 3.91. The molecule has 1 aromatic rings. The Balaban J connectivity index is 2.05. The van der Waals surface area contributed by atoms with E-state index in [1.165, 1.54) is 4.31 Å². The molecule has 0 bridgehead atoms. The highest BCUT2D eigenvalue weighted by molar-refractivity contribution is 7.86. The third-order valence-corrected chi connectivity index (χ3v) is 4.09. The zero-order valence-corrected chi connectivity index (χ0v) is 10.8. The van der Waals surface area contributed by atoms with Gasteiger partial charge in [-0.3, -0.25) is 0 Å². The highest BCUT2D eigenvalue weighted by atomic mass is 35.5. The van der Waals surface area contributed by atoms with Gasteiger partial charge in [-0.1, -0.05) is 17.7 Å². The third kappa shape index (κ3) is 3.10. The van der Waals surface area contributed by atoms with E-state index in [4.69, 9.17) is 16.7 Å². The summed E-state index contributed by atoms with van der Waals surface area (Å²) in [6.45, 7) is 2.06. The molecule has 0 atom stereocenters. The zero-order chi connectivity index (χ0) is 12.5. The summed E-state index contributed by atoms with van der Waals surface area (Å²) < 4.78 is 23.6. The molecule has 17 heavy (non-hydrogen) atoms. The van der Waals surface area contributed by atoms with Crippen molar-refractivity contribution in [2.45, 2.75) is 0 Å². The van der Waals surface area contributed by atoms with Gasteiger partial charge in [0, 0.05) is 36.9 Å². The summed E-state index contributed by atoms with van der Waals surface area (Å²) >= 11 is 5.91. The maximum Gasteiger partial charge on any atom is 0.277 e. The molecular formula is C10H14ClN3O2S. The average Bonchev–Trinajstić information content (AvgIpc) is 2.28. The van der Waals surface area contributed by atoms with Gasteiger partial charge in [0.05, 0.1) is 0 Å². The van der Waals surface area contributed by atoms with E-state index in [2.05, 4.69) is 4.90 Å². The number of piperazine rings is 1. The minimum atomic E-state index is -3.56. The first-order valence-electron chi connectivity index (χ1n) is 5.25. The Hall–Kier alpha value is -0.820. The van der Waals surface area contributed by atoms with Crippen LogP contribution < -0.4 is 10.0 Å². The van der Waals surface area contributed by atoms with Gasteiger partial charge < -0.3 is 4.90 Å². The highest BCUT2D eigenvalue weighted by Gasteiger charge is 2.23. The second-order valence-corrected chi connectivity index (χ2v) is 5.89. The topological polar surface area (TPSA) is 66.6 Å². The summed E-state index contributed by atoms with van der Waals surface area (Å²) in [7, 11) is -3.56. The monoisotopic (exact) mass is 275 g/mol. The Morgan fingerprint density at radius 1 is 1.18 bits per heavy atom. The van der Waals surface area contributed by atoms with Crippen molar-refractivity contribution < 1.29 is 8.42 Å². The largest absolute Gasteiger partial charge is 0.369 e. The van der Waals surface area contributed by atoms with Crippen LogP contribution >= 0.6 is 11.6 Å². The van der Waals surface area contributed by atoms with Crippen LogP contribution in [0.2, 0.25) is 5.02 Å². The highest BCUT2D eigenvalue weighted by Crippen LogP contribution is 2.20. The number of hydrogen-bond acceptors (Lipinski definition) is 3. The lowest BCUT2D eigenvalue weighted by atomic mass is 10.2. The number of rotatable bonds is 2. The van der Waals surface area contributed by atoms with Gasteiger partial charge in [0.25, 0.3) is 10.2 Å². The molecule has 1 aliphatic heterocycles. The number of benzene rings is 1. The second kappa shape index (κ2) is 4.81. The normalized spacial score (nSPS) is 18.4. The van der Waals surface area contributed by atoms with Gasteiger partial charge >= 0.3 is 0 Å². The van der Waals surface area contributed by atoms with Gasteiger partial charge in [0.1, 0.15) is 0 Å². The van der Waals surface area contributed by atoms with Gasteiger partial charge in [-0.2, -0.15) is 12.7 Å². The summed E-state index contributed by atoms with van der Waals surface area (Å²) in [6.07, 6.45) is 0. The predicted molar refractivity (Wildman–Crippen MR) is 68.3 cm³/mol. The number of anilines is 1. The van der Waals surface area contributed by atoms with Gasteiger partial charge in [-0.05, 0) is 18.2 Å². The molecule has 0 saturated carbocycles. The molecule has 1 saturated heterocycles. The smallest absolute Gasteiger partial charge is 0.277 e. The molecule has 94 valence electrons. The van der Waals surface area contributed by atoms with Crippen LogP contribution in [0.5, 0.6) is 0 Å². The average molecular weight is 276 g/mol. The van der Waals surface area contributed by atoms with E-state index in [0.717, 1.165) is 5.69 Å². The molecule has 1 aliphatic rings. The fraction of sp³-hybridized carbons (Fsp3) is 0.400. The molecule has 2 rings (SSSR count). The standard InChI is InChI=1S/C10H14ClN3O2S/c11-9-2-1-3-10(8-9)13-4-6-14(7-5-13)17(12,15)16/h1-3,8H,4-7H2,(H2,12,15,16). The quantitative estimate of drug-likeness (QED) is 0.862. The maximum atomic E-state index is 11.1. The van der Waals surface area contributed by atoms with E-state index >= 15 is 0 Å². The molecule has 0 aromatic heterocycles. The van der Waals surface area contributed by atoms with E-state index in [1.807, 2.05) is 24.3 Å². The van der Waals surface area contributed by atoms with E-state index in [9.17, 15) is 8.42 Å². The van der Waals surface area contributed by atoms with E-state index in [1.54, 1.807) is 0 Å². The summed E-state index contributed by atoms with van der Waals surface area (Å²) in [5.41, 5.74) is 1.01. The van der Waals surface area contributed by atoms with Gasteiger partial charge in [-0.25, -0.2) is 5.14 Å². The maximum absolute atomic E-state index is 11.1. The number of halogens is 1. The number of nitrogens with two attached hydrogens (primary N) is 1. The molecule has 0 unspecified atom stereocenters. The summed E-state index contributed by atoms with van der Waals surface area (Å²) in [5.74, 6) is 0. The Morgan fingerprint density at radius 3 is 2.35 bits per heavy atom. The Bertz CT molecular complexity index is 498. The third-order valence-electron chi connectivity index (χ3n) is 2.77. The molecule has 5 nitrogen and oxygen atoms in total. The Labute approximate surface area is 106 Å². The Kier molecular flexibility index (Phi) is 3.58. The lowest BCUT2D eigenvalue weighted by Crippen LogP contribution is -2.50. The van der Waals surface area contributed by atoms with Crippen molar-refractivity contribution in [1.82, 2.24) is 4.31 Å². The lowest BCUT2D eigenvalue weighted by Gasteiger charge is -2.34. The first-order valence-corrected chi connectivity index (χ1v) is 7.13. The van der Waals surface area contributed by atoms with Crippen molar-refractivity contribution in [3.8, 4) is 0 Å². The van der Waals surface area contributed by atoms with Gasteiger partial charge in [-0.15, -0.1) is 0 Å². The molecule has 7 heteroatoms. The number of nitrogens with zero attached hydrogens (tertiary/aromatic N) is 2. The van der Waals surface area contributed by atoms with Gasteiger partial charge in [0.2, 0.25) is 0 Å². The predicted octanol–water partition coefficient (Wildman–Crippen LogP) is 0.666. The van der Waals surface area contributed by atoms with E-state index in [0.29, 0.717) is 31.2 Å². The molecular weight excluding hydrogens is 262 g/mol. The molecule has 1 fully saturated rings. The lowest BCUT2D eigenvalue weighted by molar-refractivity contribution is 0.385. The van der Waals surface area contributed by atoms with Crippen LogP contribution in [0.25, 0.3) is 0 Å². The molecule has 2 N–H and O–H groups in total.